The fraction of sp³-hybridized carbons (Fsp3) is 0.438. The number of carboxylic acids is 1. The van der Waals surface area contributed by atoms with Crippen LogP contribution in [0.15, 0.2) is 24.3 Å². The largest absolute Gasteiger partial charge is 0.480 e. The molecule has 6 heteroatoms. The van der Waals surface area contributed by atoms with Gasteiger partial charge in [-0.05, 0) is 24.5 Å². The Balaban J connectivity index is 1.66. The summed E-state index contributed by atoms with van der Waals surface area (Å²) in [4.78, 5) is 37.3. The van der Waals surface area contributed by atoms with E-state index < -0.39 is 17.4 Å². The van der Waals surface area contributed by atoms with Crippen molar-refractivity contribution >= 4 is 17.8 Å². The Morgan fingerprint density at radius 2 is 1.91 bits per heavy atom. The molecule has 0 spiro atoms. The second-order valence-electron chi connectivity index (χ2n) is 5.96. The van der Waals surface area contributed by atoms with Gasteiger partial charge in [-0.3, -0.25) is 9.59 Å². The van der Waals surface area contributed by atoms with Gasteiger partial charge in [0.2, 0.25) is 5.91 Å². The Labute approximate surface area is 128 Å². The molecule has 1 saturated carbocycles. The highest BCUT2D eigenvalue weighted by Gasteiger charge is 2.43. The summed E-state index contributed by atoms with van der Waals surface area (Å²) in [6, 6.07) is 7.25. The van der Waals surface area contributed by atoms with Crippen LogP contribution in [0.5, 0.6) is 0 Å². The van der Waals surface area contributed by atoms with Crippen LogP contribution >= 0.6 is 0 Å². The van der Waals surface area contributed by atoms with Gasteiger partial charge in [0.25, 0.3) is 5.91 Å². The Hall–Kier alpha value is -2.37. The molecular formula is C16H18N2O4. The van der Waals surface area contributed by atoms with Gasteiger partial charge < -0.3 is 15.3 Å². The molecule has 0 bridgehead atoms. The van der Waals surface area contributed by atoms with Crippen LogP contribution in [0.2, 0.25) is 0 Å². The Morgan fingerprint density at radius 3 is 2.55 bits per heavy atom. The summed E-state index contributed by atoms with van der Waals surface area (Å²) in [5.74, 6) is -1.58. The van der Waals surface area contributed by atoms with E-state index in [9.17, 15) is 19.5 Å². The summed E-state index contributed by atoms with van der Waals surface area (Å²) in [6.45, 7) is 0.283. The molecule has 1 aliphatic heterocycles. The third-order valence-electron chi connectivity index (χ3n) is 4.48. The highest BCUT2D eigenvalue weighted by molar-refractivity contribution is 6.00. The Kier molecular flexibility index (Phi) is 3.60. The van der Waals surface area contributed by atoms with Gasteiger partial charge in [0.05, 0.1) is 0 Å². The molecule has 0 saturated heterocycles. The second-order valence-corrected chi connectivity index (χ2v) is 5.96. The fourth-order valence-corrected chi connectivity index (χ4v) is 3.29. The average molecular weight is 302 g/mol. The van der Waals surface area contributed by atoms with E-state index in [-0.39, 0.29) is 12.5 Å². The van der Waals surface area contributed by atoms with Gasteiger partial charge >= 0.3 is 5.97 Å². The van der Waals surface area contributed by atoms with Crippen molar-refractivity contribution in [2.24, 2.45) is 0 Å². The lowest BCUT2D eigenvalue weighted by Crippen LogP contribution is -2.54. The maximum atomic E-state index is 12.2. The van der Waals surface area contributed by atoms with Crippen molar-refractivity contribution in [2.75, 3.05) is 6.54 Å². The normalized spacial score (nSPS) is 19.1. The van der Waals surface area contributed by atoms with Crippen LogP contribution in [0, 0.1) is 0 Å². The maximum absolute atomic E-state index is 12.2. The highest BCUT2D eigenvalue weighted by Crippen LogP contribution is 2.30. The molecule has 6 nitrogen and oxygen atoms in total. The van der Waals surface area contributed by atoms with Crippen LogP contribution in [0.25, 0.3) is 0 Å². The number of carboxylic acid groups (broad SMARTS) is 1. The van der Waals surface area contributed by atoms with E-state index >= 15 is 0 Å². The smallest absolute Gasteiger partial charge is 0.329 e. The number of hydrogen-bond donors (Lipinski definition) is 2. The fourth-order valence-electron chi connectivity index (χ4n) is 3.29. The third-order valence-corrected chi connectivity index (χ3v) is 4.48. The van der Waals surface area contributed by atoms with E-state index in [2.05, 4.69) is 5.32 Å². The van der Waals surface area contributed by atoms with Crippen molar-refractivity contribution in [3.05, 3.63) is 35.4 Å². The predicted octanol–water partition coefficient (Wildman–Crippen LogP) is 1.16. The van der Waals surface area contributed by atoms with Crippen molar-refractivity contribution in [1.29, 1.82) is 0 Å². The number of carbonyl (C=O) groups excluding carboxylic acids is 2. The van der Waals surface area contributed by atoms with Gasteiger partial charge in [-0.2, -0.15) is 0 Å². The SMILES string of the molecule is O=C(CN1Cc2ccccc2C1=O)NC1(C(=O)O)CCCC1. The lowest BCUT2D eigenvalue weighted by Gasteiger charge is -2.26. The molecule has 1 fully saturated rings. The zero-order valence-electron chi connectivity index (χ0n) is 12.2. The van der Waals surface area contributed by atoms with E-state index in [1.54, 1.807) is 12.1 Å². The van der Waals surface area contributed by atoms with Crippen molar-refractivity contribution in [3.8, 4) is 0 Å². The number of nitrogens with one attached hydrogen (secondary N) is 1. The molecule has 22 heavy (non-hydrogen) atoms. The lowest BCUT2D eigenvalue weighted by molar-refractivity contribution is -0.147. The molecular weight excluding hydrogens is 284 g/mol. The highest BCUT2D eigenvalue weighted by atomic mass is 16.4. The van der Waals surface area contributed by atoms with E-state index in [4.69, 9.17) is 0 Å². The molecule has 1 aliphatic carbocycles. The van der Waals surface area contributed by atoms with E-state index in [1.165, 1.54) is 4.90 Å². The zero-order chi connectivity index (χ0) is 15.7. The first kappa shape index (κ1) is 14.6. The number of fused-ring (bicyclic) bond motifs is 1. The first-order valence-electron chi connectivity index (χ1n) is 7.43. The summed E-state index contributed by atoms with van der Waals surface area (Å²) in [5.41, 5.74) is 0.352. The Bertz CT molecular complexity index is 635. The monoisotopic (exact) mass is 302 g/mol. The summed E-state index contributed by atoms with van der Waals surface area (Å²) in [6.07, 6.45) is 2.48. The Morgan fingerprint density at radius 1 is 1.23 bits per heavy atom. The topological polar surface area (TPSA) is 86.7 Å². The first-order chi connectivity index (χ1) is 10.5. The van der Waals surface area contributed by atoms with E-state index in [1.807, 2.05) is 12.1 Å². The molecule has 0 atom stereocenters. The van der Waals surface area contributed by atoms with Gasteiger partial charge in [-0.1, -0.05) is 31.0 Å². The van der Waals surface area contributed by atoms with Gasteiger partial charge in [0, 0.05) is 12.1 Å². The molecule has 116 valence electrons. The number of hydrogen-bond acceptors (Lipinski definition) is 3. The average Bonchev–Trinajstić information content (AvgIpc) is 3.06. The van der Waals surface area contributed by atoms with Crippen LogP contribution < -0.4 is 5.32 Å². The number of aliphatic carboxylic acids is 1. The van der Waals surface area contributed by atoms with Gasteiger partial charge in [-0.15, -0.1) is 0 Å². The summed E-state index contributed by atoms with van der Waals surface area (Å²) < 4.78 is 0. The van der Waals surface area contributed by atoms with Gasteiger partial charge in [0.1, 0.15) is 12.1 Å². The van der Waals surface area contributed by atoms with Crippen LogP contribution in [0.3, 0.4) is 0 Å². The van der Waals surface area contributed by atoms with Crippen LogP contribution in [-0.4, -0.2) is 39.9 Å². The van der Waals surface area contributed by atoms with Gasteiger partial charge in [-0.25, -0.2) is 4.79 Å². The number of amides is 2. The molecule has 1 aromatic rings. The minimum Gasteiger partial charge on any atom is -0.480 e. The molecule has 1 aromatic carbocycles. The maximum Gasteiger partial charge on any atom is 0.329 e. The molecule has 2 aliphatic rings. The van der Waals surface area contributed by atoms with Crippen LogP contribution in [0.4, 0.5) is 0 Å². The van der Waals surface area contributed by atoms with Crippen molar-refractivity contribution in [1.82, 2.24) is 10.2 Å². The molecule has 0 unspecified atom stereocenters. The predicted molar refractivity (Wildman–Crippen MR) is 78.2 cm³/mol. The first-order valence-corrected chi connectivity index (χ1v) is 7.43. The van der Waals surface area contributed by atoms with Gasteiger partial charge in [0.15, 0.2) is 0 Å². The molecule has 0 radical (unpaired) electrons. The van der Waals surface area contributed by atoms with Crippen molar-refractivity contribution in [3.63, 3.8) is 0 Å². The minimum atomic E-state index is -1.16. The number of rotatable bonds is 4. The molecule has 1 heterocycles. The number of nitrogens with zero attached hydrogens (tertiary/aromatic N) is 1. The van der Waals surface area contributed by atoms with Crippen molar-refractivity contribution < 1.29 is 19.5 Å². The summed E-state index contributed by atoms with van der Waals surface area (Å²) in [7, 11) is 0. The molecule has 0 aromatic heterocycles. The zero-order valence-corrected chi connectivity index (χ0v) is 12.2. The quantitative estimate of drug-likeness (QED) is 0.873. The van der Waals surface area contributed by atoms with E-state index in [0.717, 1.165) is 18.4 Å². The molecule has 2 amide bonds. The summed E-state index contributed by atoms with van der Waals surface area (Å²) >= 11 is 0. The van der Waals surface area contributed by atoms with Crippen LogP contribution in [-0.2, 0) is 16.1 Å². The number of carbonyl (C=O) groups is 3. The van der Waals surface area contributed by atoms with Crippen LogP contribution in [0.1, 0.15) is 41.6 Å². The second kappa shape index (κ2) is 5.44. The molecule has 3 rings (SSSR count). The summed E-state index contributed by atoms with van der Waals surface area (Å²) in [5, 5.41) is 12.0. The number of benzene rings is 1. The minimum absolute atomic E-state index is 0.109. The standard InChI is InChI=1S/C16H18N2O4/c19-13(17-16(15(21)22)7-3-4-8-16)10-18-9-11-5-1-2-6-12(11)14(18)20/h1-2,5-6H,3-4,7-10H2,(H,17,19)(H,21,22). The molecule has 2 N–H and O–H groups in total. The van der Waals surface area contributed by atoms with E-state index in [0.29, 0.717) is 24.9 Å². The third kappa shape index (κ3) is 2.45. The lowest BCUT2D eigenvalue weighted by atomic mass is 9.98. The van der Waals surface area contributed by atoms with Crippen molar-refractivity contribution in [2.45, 2.75) is 37.8 Å².